The van der Waals surface area contributed by atoms with Crippen LogP contribution in [0.4, 0.5) is 10.1 Å². The summed E-state index contributed by atoms with van der Waals surface area (Å²) in [5.74, 6) is -0.944. The van der Waals surface area contributed by atoms with Crippen LogP contribution in [-0.4, -0.2) is 12.0 Å². The minimum atomic E-state index is -0.857. The van der Waals surface area contributed by atoms with E-state index in [2.05, 4.69) is 5.32 Å². The van der Waals surface area contributed by atoms with Crippen LogP contribution in [0, 0.1) is 5.82 Å². The molecule has 0 fully saturated rings. The van der Waals surface area contributed by atoms with E-state index in [-0.39, 0.29) is 5.75 Å². The Kier molecular flexibility index (Phi) is 5.63. The molecular weight excluding hydrogens is 328 g/mol. The lowest BCUT2D eigenvalue weighted by Crippen LogP contribution is -2.32. The Labute approximate surface area is 138 Å². The van der Waals surface area contributed by atoms with Crippen molar-refractivity contribution in [3.63, 3.8) is 0 Å². The summed E-state index contributed by atoms with van der Waals surface area (Å²) in [4.78, 5) is 12.3. The molecule has 0 spiro atoms. The molecule has 22 heavy (non-hydrogen) atoms. The molecule has 0 aliphatic carbocycles. The normalized spacial score (nSPS) is 11.8. The Balaban J connectivity index is 2.14. The van der Waals surface area contributed by atoms with Gasteiger partial charge in [-0.25, -0.2) is 4.39 Å². The first-order valence-corrected chi connectivity index (χ1v) is 7.44. The van der Waals surface area contributed by atoms with Crippen LogP contribution in [0.5, 0.6) is 5.75 Å². The Bertz CT molecular complexity index is 659. The molecule has 1 amide bonds. The number of hydrogen-bond acceptors (Lipinski definition) is 2. The first-order valence-electron chi connectivity index (χ1n) is 6.69. The second-order valence-corrected chi connectivity index (χ2v) is 5.35. The topological polar surface area (TPSA) is 38.3 Å². The molecule has 0 saturated carbocycles. The van der Waals surface area contributed by atoms with Crippen molar-refractivity contribution in [2.75, 3.05) is 5.32 Å². The fraction of sp³-hybridized carbons (Fsp3) is 0.188. The summed E-state index contributed by atoms with van der Waals surface area (Å²) in [6.07, 6.45) is -0.494. The molecule has 1 N–H and O–H groups in total. The summed E-state index contributed by atoms with van der Waals surface area (Å²) in [7, 11) is 0. The Hall–Kier alpha value is -1.78. The van der Waals surface area contributed by atoms with Gasteiger partial charge >= 0.3 is 0 Å². The molecule has 0 radical (unpaired) electrons. The molecule has 0 unspecified atom stereocenters. The molecule has 116 valence electrons. The first-order chi connectivity index (χ1) is 10.5. The highest BCUT2D eigenvalue weighted by molar-refractivity contribution is 6.39. The van der Waals surface area contributed by atoms with Crippen molar-refractivity contribution in [2.45, 2.75) is 19.4 Å². The van der Waals surface area contributed by atoms with Gasteiger partial charge in [-0.3, -0.25) is 4.79 Å². The van der Waals surface area contributed by atoms with Gasteiger partial charge in [0.05, 0.1) is 15.7 Å². The lowest BCUT2D eigenvalue weighted by molar-refractivity contribution is -0.122. The van der Waals surface area contributed by atoms with Gasteiger partial charge in [-0.2, -0.15) is 0 Å². The van der Waals surface area contributed by atoms with E-state index in [9.17, 15) is 9.18 Å². The molecular formula is C16H14Cl2FNO2. The van der Waals surface area contributed by atoms with Crippen LogP contribution in [-0.2, 0) is 4.79 Å². The van der Waals surface area contributed by atoms with Crippen LogP contribution < -0.4 is 10.1 Å². The van der Waals surface area contributed by atoms with Crippen LogP contribution in [0.2, 0.25) is 10.0 Å². The summed E-state index contributed by atoms with van der Waals surface area (Å²) >= 11 is 12.0. The monoisotopic (exact) mass is 341 g/mol. The Morgan fingerprint density at radius 3 is 2.41 bits per heavy atom. The third-order valence-electron chi connectivity index (χ3n) is 2.98. The largest absolute Gasteiger partial charge is 0.478 e. The SMILES string of the molecule is CC[C@H](Oc1ccccc1F)C(=O)Nc1c(Cl)cccc1Cl. The maximum absolute atomic E-state index is 13.6. The summed E-state index contributed by atoms with van der Waals surface area (Å²) in [5, 5.41) is 3.26. The molecule has 3 nitrogen and oxygen atoms in total. The second kappa shape index (κ2) is 7.47. The van der Waals surface area contributed by atoms with E-state index in [1.807, 2.05) is 0 Å². The van der Waals surface area contributed by atoms with Gasteiger partial charge in [0.2, 0.25) is 0 Å². The fourth-order valence-electron chi connectivity index (χ4n) is 1.84. The molecule has 2 aromatic carbocycles. The summed E-state index contributed by atoms with van der Waals surface area (Å²) in [5.41, 5.74) is 0.311. The van der Waals surface area contributed by atoms with Gasteiger partial charge < -0.3 is 10.1 Å². The fourth-order valence-corrected chi connectivity index (χ4v) is 2.33. The number of nitrogens with one attached hydrogen (secondary N) is 1. The van der Waals surface area contributed by atoms with Gasteiger partial charge in [-0.15, -0.1) is 0 Å². The summed E-state index contributed by atoms with van der Waals surface area (Å²) in [6.45, 7) is 1.76. The molecule has 2 rings (SSSR count). The molecule has 0 bridgehead atoms. The molecule has 2 aromatic rings. The molecule has 1 atom stereocenters. The van der Waals surface area contributed by atoms with E-state index in [1.165, 1.54) is 12.1 Å². The van der Waals surface area contributed by atoms with E-state index in [0.717, 1.165) is 0 Å². The quantitative estimate of drug-likeness (QED) is 0.837. The van der Waals surface area contributed by atoms with Gasteiger partial charge in [0.1, 0.15) is 0 Å². The van der Waals surface area contributed by atoms with Gasteiger partial charge in [-0.05, 0) is 30.7 Å². The van der Waals surface area contributed by atoms with E-state index in [0.29, 0.717) is 22.2 Å². The number of rotatable bonds is 5. The van der Waals surface area contributed by atoms with E-state index < -0.39 is 17.8 Å². The van der Waals surface area contributed by atoms with E-state index >= 15 is 0 Å². The predicted molar refractivity (Wildman–Crippen MR) is 86.2 cm³/mol. The predicted octanol–water partition coefficient (Wildman–Crippen LogP) is 4.93. The number of carbonyl (C=O) groups excluding carboxylic acids is 1. The van der Waals surface area contributed by atoms with Gasteiger partial charge in [-0.1, -0.05) is 48.3 Å². The Morgan fingerprint density at radius 1 is 1.18 bits per heavy atom. The van der Waals surface area contributed by atoms with Crippen LogP contribution in [0.3, 0.4) is 0 Å². The highest BCUT2D eigenvalue weighted by atomic mass is 35.5. The smallest absolute Gasteiger partial charge is 0.265 e. The first kappa shape index (κ1) is 16.6. The van der Waals surface area contributed by atoms with Gasteiger partial charge in [0.25, 0.3) is 5.91 Å². The molecule has 6 heteroatoms. The molecule has 0 aromatic heterocycles. The number of ether oxygens (including phenoxy) is 1. The lowest BCUT2D eigenvalue weighted by atomic mass is 10.2. The van der Waals surface area contributed by atoms with E-state index in [4.69, 9.17) is 27.9 Å². The number of para-hydroxylation sites is 2. The van der Waals surface area contributed by atoms with Gasteiger partial charge in [0.15, 0.2) is 17.7 Å². The number of amides is 1. The average Bonchev–Trinajstić information content (AvgIpc) is 2.50. The zero-order valence-corrected chi connectivity index (χ0v) is 13.3. The molecule has 0 heterocycles. The maximum Gasteiger partial charge on any atom is 0.265 e. The summed E-state index contributed by atoms with van der Waals surface area (Å²) in [6, 6.07) is 10.8. The molecule has 0 aliphatic rings. The zero-order valence-electron chi connectivity index (χ0n) is 11.8. The minimum absolute atomic E-state index is 0.0229. The highest BCUT2D eigenvalue weighted by Crippen LogP contribution is 2.30. The average molecular weight is 342 g/mol. The van der Waals surface area contributed by atoms with Crippen molar-refractivity contribution in [3.05, 3.63) is 58.3 Å². The lowest BCUT2D eigenvalue weighted by Gasteiger charge is -2.18. The third-order valence-corrected chi connectivity index (χ3v) is 3.61. The van der Waals surface area contributed by atoms with E-state index in [1.54, 1.807) is 37.3 Å². The van der Waals surface area contributed by atoms with Gasteiger partial charge in [0, 0.05) is 0 Å². The van der Waals surface area contributed by atoms with Crippen molar-refractivity contribution >= 4 is 34.8 Å². The zero-order chi connectivity index (χ0) is 16.1. The number of hydrogen-bond donors (Lipinski definition) is 1. The maximum atomic E-state index is 13.6. The minimum Gasteiger partial charge on any atom is -0.478 e. The van der Waals surface area contributed by atoms with Crippen LogP contribution in [0.25, 0.3) is 0 Å². The third kappa shape index (κ3) is 3.90. The summed E-state index contributed by atoms with van der Waals surface area (Å²) < 4.78 is 19.0. The standard InChI is InChI=1S/C16H14Cl2FNO2/c1-2-13(22-14-9-4-3-8-12(14)19)16(21)20-15-10(17)6-5-7-11(15)18/h3-9,13H,2H2,1H3,(H,20,21)/t13-/m0/s1. The van der Waals surface area contributed by atoms with Crippen molar-refractivity contribution in [1.82, 2.24) is 0 Å². The number of anilines is 1. The van der Waals surface area contributed by atoms with Crippen molar-refractivity contribution in [2.24, 2.45) is 0 Å². The van der Waals surface area contributed by atoms with Crippen molar-refractivity contribution in [3.8, 4) is 5.75 Å². The second-order valence-electron chi connectivity index (χ2n) is 4.53. The number of carbonyl (C=O) groups is 1. The van der Waals surface area contributed by atoms with Crippen LogP contribution in [0.1, 0.15) is 13.3 Å². The number of benzene rings is 2. The highest BCUT2D eigenvalue weighted by Gasteiger charge is 2.21. The Morgan fingerprint density at radius 2 is 1.82 bits per heavy atom. The van der Waals surface area contributed by atoms with Crippen molar-refractivity contribution < 1.29 is 13.9 Å². The van der Waals surface area contributed by atoms with Crippen LogP contribution >= 0.6 is 23.2 Å². The number of halogens is 3. The van der Waals surface area contributed by atoms with Crippen LogP contribution in [0.15, 0.2) is 42.5 Å². The van der Waals surface area contributed by atoms with Crippen molar-refractivity contribution in [1.29, 1.82) is 0 Å². The molecule has 0 saturated heterocycles. The molecule has 0 aliphatic heterocycles.